The van der Waals surface area contributed by atoms with Crippen molar-refractivity contribution in [2.45, 2.75) is 82.9 Å². The Morgan fingerprint density at radius 3 is 1.60 bits per heavy atom. The number of primary amides is 1. The van der Waals surface area contributed by atoms with Crippen molar-refractivity contribution in [2.75, 3.05) is 0 Å². The Balaban J connectivity index is 2.41. The third kappa shape index (κ3) is 12.6. The fraction of sp³-hybridized carbons (Fsp3) is 0.452. The number of hydrogen-bond acceptors (Lipinski definition) is 6. The number of aliphatic hydroxyl groups excluding tert-OH is 1. The first kappa shape index (κ1) is 36.7. The Kier molecular flexibility index (Phi) is 14.0. The smallest absolute Gasteiger partial charge is 0.382 e. The highest BCUT2D eigenvalue weighted by Gasteiger charge is 2.44. The van der Waals surface area contributed by atoms with Gasteiger partial charge in [0.1, 0.15) is 18.1 Å². The maximum Gasteiger partial charge on any atom is 0.416 e. The maximum absolute atomic E-state index is 13.7. The van der Waals surface area contributed by atoms with Gasteiger partial charge < -0.3 is 32.1 Å². The maximum atomic E-state index is 13.7. The van der Waals surface area contributed by atoms with Gasteiger partial charge in [-0.15, -0.1) is 0 Å². The monoisotopic (exact) mass is 635 g/mol. The molecule has 0 saturated heterocycles. The number of carbonyl (C=O) groups excluding carboxylic acids is 5. The lowest BCUT2D eigenvalue weighted by molar-refractivity contribution is -0.212. The highest BCUT2D eigenvalue weighted by Crippen LogP contribution is 2.24. The number of benzene rings is 2. The van der Waals surface area contributed by atoms with E-state index in [9.17, 15) is 42.3 Å². The summed E-state index contributed by atoms with van der Waals surface area (Å²) in [5.41, 5.74) is 6.29. The SMILES string of the molecule is CC(=O)NC(C(=O)NC(Cc1ccccc1)C(=O)NC(Cc1ccccc1)C(=O)NC(CCC(N)=O)C(O)C(F)(F)F)C(C)C. The van der Waals surface area contributed by atoms with Crippen molar-refractivity contribution in [3.05, 3.63) is 71.8 Å². The molecule has 0 aliphatic heterocycles. The summed E-state index contributed by atoms with van der Waals surface area (Å²) >= 11 is 0. The predicted octanol–water partition coefficient (Wildman–Crippen LogP) is 1.28. The second kappa shape index (κ2) is 17.1. The zero-order valence-corrected chi connectivity index (χ0v) is 25.3. The molecule has 5 amide bonds. The van der Waals surface area contributed by atoms with Crippen molar-refractivity contribution < 1.29 is 42.3 Å². The molecule has 11 nitrogen and oxygen atoms in total. The van der Waals surface area contributed by atoms with Crippen molar-refractivity contribution in [1.29, 1.82) is 0 Å². The van der Waals surface area contributed by atoms with Crippen LogP contribution in [-0.2, 0) is 36.8 Å². The molecule has 7 N–H and O–H groups in total. The molecule has 0 bridgehead atoms. The standard InChI is InChI=1S/C31H40F3N5O6/c1-18(2)26(36-19(3)40)30(45)39-24(17-21-12-8-5-9-13-21)29(44)38-23(16-20-10-6-4-7-11-20)28(43)37-22(14-15-25(35)41)27(42)31(32,33)34/h4-13,18,22-24,26-27,42H,14-17H2,1-3H3,(H2,35,41)(H,36,40)(H,37,43)(H,38,44)(H,39,45). The number of amides is 5. The summed E-state index contributed by atoms with van der Waals surface area (Å²) in [6, 6.07) is 11.3. The van der Waals surface area contributed by atoms with Crippen LogP contribution in [0.15, 0.2) is 60.7 Å². The van der Waals surface area contributed by atoms with Gasteiger partial charge in [0.05, 0.1) is 6.04 Å². The molecule has 0 saturated carbocycles. The fourth-order valence-corrected chi connectivity index (χ4v) is 4.52. The Morgan fingerprint density at radius 2 is 1.20 bits per heavy atom. The van der Waals surface area contributed by atoms with Gasteiger partial charge in [-0.3, -0.25) is 24.0 Å². The van der Waals surface area contributed by atoms with Gasteiger partial charge in [0.2, 0.25) is 29.5 Å². The summed E-state index contributed by atoms with van der Waals surface area (Å²) < 4.78 is 40.2. The van der Waals surface area contributed by atoms with E-state index < -0.39 is 78.8 Å². The third-order valence-corrected chi connectivity index (χ3v) is 6.89. The Morgan fingerprint density at radius 1 is 0.756 bits per heavy atom. The third-order valence-electron chi connectivity index (χ3n) is 6.89. The van der Waals surface area contributed by atoms with Crippen molar-refractivity contribution in [1.82, 2.24) is 21.3 Å². The highest BCUT2D eigenvalue weighted by molar-refractivity contribution is 5.94. The van der Waals surface area contributed by atoms with E-state index in [0.717, 1.165) is 0 Å². The average Bonchev–Trinajstić information content (AvgIpc) is 2.97. The van der Waals surface area contributed by atoms with Crippen LogP contribution in [0, 0.1) is 5.92 Å². The fourth-order valence-electron chi connectivity index (χ4n) is 4.52. The number of halogens is 3. The Hall–Kier alpha value is -4.46. The predicted molar refractivity (Wildman–Crippen MR) is 159 cm³/mol. The van der Waals surface area contributed by atoms with Gasteiger partial charge in [0.25, 0.3) is 0 Å². The number of aliphatic hydroxyl groups is 1. The van der Waals surface area contributed by atoms with Crippen molar-refractivity contribution in [3.8, 4) is 0 Å². The summed E-state index contributed by atoms with van der Waals surface area (Å²) in [6.07, 6.45) is -9.47. The summed E-state index contributed by atoms with van der Waals surface area (Å²) in [4.78, 5) is 63.4. The Bertz CT molecular complexity index is 1290. The second-order valence-corrected chi connectivity index (χ2v) is 11.0. The van der Waals surface area contributed by atoms with Crippen molar-refractivity contribution >= 4 is 29.5 Å². The van der Waals surface area contributed by atoms with Gasteiger partial charge in [-0.05, 0) is 23.5 Å². The van der Waals surface area contributed by atoms with Gasteiger partial charge in [-0.1, -0.05) is 74.5 Å². The normalized spacial score (nSPS) is 14.8. The van der Waals surface area contributed by atoms with Crippen LogP contribution in [0.2, 0.25) is 0 Å². The molecule has 2 rings (SSSR count). The van der Waals surface area contributed by atoms with Gasteiger partial charge >= 0.3 is 6.18 Å². The molecule has 0 fully saturated rings. The number of alkyl halides is 3. The lowest BCUT2D eigenvalue weighted by Gasteiger charge is -2.29. The first-order valence-electron chi connectivity index (χ1n) is 14.4. The first-order valence-corrected chi connectivity index (χ1v) is 14.4. The second-order valence-electron chi connectivity index (χ2n) is 11.0. The molecule has 0 aliphatic rings. The van der Waals surface area contributed by atoms with Crippen LogP contribution in [0.4, 0.5) is 13.2 Å². The summed E-state index contributed by atoms with van der Waals surface area (Å²) in [5.74, 6) is -4.27. The zero-order chi connectivity index (χ0) is 33.7. The lowest BCUT2D eigenvalue weighted by Crippen LogP contribution is -2.60. The van der Waals surface area contributed by atoms with Crippen LogP contribution in [0.3, 0.4) is 0 Å². The van der Waals surface area contributed by atoms with Crippen LogP contribution in [-0.4, -0.2) is 71.1 Å². The highest BCUT2D eigenvalue weighted by atomic mass is 19.4. The van der Waals surface area contributed by atoms with E-state index in [0.29, 0.717) is 11.1 Å². The van der Waals surface area contributed by atoms with E-state index in [2.05, 4.69) is 21.3 Å². The van der Waals surface area contributed by atoms with E-state index in [1.165, 1.54) is 6.92 Å². The number of nitrogens with one attached hydrogen (secondary N) is 4. The van der Waals surface area contributed by atoms with Gasteiger partial charge in [0, 0.05) is 26.2 Å². The molecular weight excluding hydrogens is 595 g/mol. The molecule has 14 heteroatoms. The lowest BCUT2D eigenvalue weighted by atomic mass is 9.99. The van der Waals surface area contributed by atoms with Crippen molar-refractivity contribution in [3.63, 3.8) is 0 Å². The summed E-state index contributed by atoms with van der Waals surface area (Å²) in [7, 11) is 0. The number of nitrogens with two attached hydrogens (primary N) is 1. The van der Waals surface area contributed by atoms with Crippen LogP contribution in [0.1, 0.15) is 44.7 Å². The average molecular weight is 636 g/mol. The number of hydrogen-bond donors (Lipinski definition) is 6. The molecule has 0 heterocycles. The molecule has 0 spiro atoms. The largest absolute Gasteiger partial charge is 0.416 e. The molecule has 45 heavy (non-hydrogen) atoms. The van der Waals surface area contributed by atoms with E-state index in [-0.39, 0.29) is 18.8 Å². The van der Waals surface area contributed by atoms with Crippen molar-refractivity contribution in [2.24, 2.45) is 11.7 Å². The summed E-state index contributed by atoms with van der Waals surface area (Å²) in [5, 5.41) is 19.8. The number of carbonyl (C=O) groups is 5. The molecule has 2 aromatic carbocycles. The van der Waals surface area contributed by atoms with Crippen LogP contribution in [0.5, 0.6) is 0 Å². The minimum atomic E-state index is -5.13. The number of rotatable bonds is 16. The van der Waals surface area contributed by atoms with Gasteiger partial charge in [-0.2, -0.15) is 13.2 Å². The van der Waals surface area contributed by atoms with Crippen LogP contribution < -0.4 is 27.0 Å². The molecule has 246 valence electrons. The molecule has 0 radical (unpaired) electrons. The van der Waals surface area contributed by atoms with E-state index in [1.54, 1.807) is 74.5 Å². The zero-order valence-electron chi connectivity index (χ0n) is 25.3. The van der Waals surface area contributed by atoms with Gasteiger partial charge in [0.15, 0.2) is 6.10 Å². The molecule has 0 aliphatic carbocycles. The topological polar surface area (TPSA) is 180 Å². The molecule has 0 aromatic heterocycles. The minimum absolute atomic E-state index is 0.0169. The van der Waals surface area contributed by atoms with Crippen LogP contribution >= 0.6 is 0 Å². The van der Waals surface area contributed by atoms with Crippen LogP contribution in [0.25, 0.3) is 0 Å². The van der Waals surface area contributed by atoms with E-state index >= 15 is 0 Å². The molecule has 5 atom stereocenters. The van der Waals surface area contributed by atoms with E-state index in [4.69, 9.17) is 5.73 Å². The molecule has 2 aromatic rings. The molecular formula is C31H40F3N5O6. The molecule has 5 unspecified atom stereocenters. The van der Waals surface area contributed by atoms with E-state index in [1.807, 2.05) is 0 Å². The van der Waals surface area contributed by atoms with Gasteiger partial charge in [-0.25, -0.2) is 0 Å². The minimum Gasteiger partial charge on any atom is -0.382 e. The quantitative estimate of drug-likeness (QED) is 0.162. The summed E-state index contributed by atoms with van der Waals surface area (Å²) in [6.45, 7) is 4.66. The first-order chi connectivity index (χ1) is 21.1. The Labute approximate surface area is 259 Å².